The normalized spacial score (nSPS) is 11.0. The first-order valence-electron chi connectivity index (χ1n) is 6.62. The SMILES string of the molecule is Cc1oc2c(COc3c(Cl)cccc3Cl)cccc2c1C. The minimum atomic E-state index is 0.354. The maximum atomic E-state index is 6.11. The molecule has 4 heteroatoms. The third kappa shape index (κ3) is 2.61. The van der Waals surface area contributed by atoms with Gasteiger partial charge in [0.15, 0.2) is 5.75 Å². The molecule has 0 fully saturated rings. The number of benzene rings is 2. The first kappa shape index (κ1) is 14.3. The summed E-state index contributed by atoms with van der Waals surface area (Å²) < 4.78 is 11.6. The van der Waals surface area contributed by atoms with Gasteiger partial charge in [-0.25, -0.2) is 0 Å². The molecule has 1 aromatic heterocycles. The highest BCUT2D eigenvalue weighted by Gasteiger charge is 2.12. The Bertz CT molecular complexity index is 786. The molecule has 2 aromatic carbocycles. The molecule has 0 atom stereocenters. The third-order valence-electron chi connectivity index (χ3n) is 3.57. The Kier molecular flexibility index (Phi) is 3.83. The summed E-state index contributed by atoms with van der Waals surface area (Å²) in [6.07, 6.45) is 0. The fraction of sp³-hybridized carbons (Fsp3) is 0.176. The van der Waals surface area contributed by atoms with Crippen LogP contribution in [0.1, 0.15) is 16.9 Å². The van der Waals surface area contributed by atoms with Gasteiger partial charge in [-0.3, -0.25) is 0 Å². The fourth-order valence-electron chi connectivity index (χ4n) is 2.30. The monoisotopic (exact) mass is 320 g/mol. The Balaban J connectivity index is 1.94. The minimum absolute atomic E-state index is 0.354. The van der Waals surface area contributed by atoms with Gasteiger partial charge in [0.25, 0.3) is 0 Å². The first-order chi connectivity index (χ1) is 10.1. The second-order valence-corrected chi connectivity index (χ2v) is 5.73. The van der Waals surface area contributed by atoms with Gasteiger partial charge in [0.05, 0.1) is 10.0 Å². The Hall–Kier alpha value is -1.64. The van der Waals surface area contributed by atoms with Crippen LogP contribution in [-0.4, -0.2) is 0 Å². The largest absolute Gasteiger partial charge is 0.486 e. The van der Waals surface area contributed by atoms with Gasteiger partial charge in [-0.2, -0.15) is 0 Å². The standard InChI is InChI=1S/C17H14Cl2O2/c1-10-11(2)21-16-12(5-3-6-13(10)16)9-20-17-14(18)7-4-8-15(17)19/h3-8H,9H2,1-2H3. The predicted molar refractivity (Wildman–Crippen MR) is 86.5 cm³/mol. The second-order valence-electron chi connectivity index (χ2n) is 4.92. The van der Waals surface area contributed by atoms with Crippen LogP contribution in [0.4, 0.5) is 0 Å². The van der Waals surface area contributed by atoms with Crippen LogP contribution < -0.4 is 4.74 Å². The van der Waals surface area contributed by atoms with E-state index in [1.165, 1.54) is 0 Å². The molecule has 1 heterocycles. The molecule has 0 radical (unpaired) electrons. The number of hydrogen-bond acceptors (Lipinski definition) is 2. The number of para-hydroxylation sites is 2. The van der Waals surface area contributed by atoms with Crippen molar-refractivity contribution in [3.05, 3.63) is 63.3 Å². The lowest BCUT2D eigenvalue weighted by molar-refractivity contribution is 0.306. The number of fused-ring (bicyclic) bond motifs is 1. The molecule has 0 aliphatic carbocycles. The average molecular weight is 321 g/mol. The predicted octanol–water partition coefficient (Wildman–Crippen LogP) is 5.94. The molecule has 21 heavy (non-hydrogen) atoms. The van der Waals surface area contributed by atoms with Crippen molar-refractivity contribution < 1.29 is 9.15 Å². The van der Waals surface area contributed by atoms with Crippen molar-refractivity contribution in [2.75, 3.05) is 0 Å². The molecular formula is C17H14Cl2O2. The quantitative estimate of drug-likeness (QED) is 0.596. The Morgan fingerprint density at radius 1 is 1.00 bits per heavy atom. The van der Waals surface area contributed by atoms with E-state index >= 15 is 0 Å². The van der Waals surface area contributed by atoms with Gasteiger partial charge in [0.2, 0.25) is 0 Å². The van der Waals surface area contributed by atoms with Crippen molar-refractivity contribution in [1.82, 2.24) is 0 Å². The second kappa shape index (κ2) is 5.63. The van der Waals surface area contributed by atoms with E-state index in [9.17, 15) is 0 Å². The van der Waals surface area contributed by atoms with E-state index in [0.29, 0.717) is 22.4 Å². The van der Waals surface area contributed by atoms with Crippen LogP contribution in [0.25, 0.3) is 11.0 Å². The van der Waals surface area contributed by atoms with E-state index in [4.69, 9.17) is 32.4 Å². The number of halogens is 2. The minimum Gasteiger partial charge on any atom is -0.486 e. The maximum Gasteiger partial charge on any atom is 0.156 e. The maximum absolute atomic E-state index is 6.11. The lowest BCUT2D eigenvalue weighted by atomic mass is 10.1. The summed E-state index contributed by atoms with van der Waals surface area (Å²) in [5.41, 5.74) is 2.98. The van der Waals surface area contributed by atoms with Crippen LogP contribution in [0.5, 0.6) is 5.75 Å². The van der Waals surface area contributed by atoms with Gasteiger partial charge in [-0.15, -0.1) is 0 Å². The lowest BCUT2D eigenvalue weighted by Crippen LogP contribution is -1.97. The zero-order valence-corrected chi connectivity index (χ0v) is 13.3. The lowest BCUT2D eigenvalue weighted by Gasteiger charge is -2.10. The highest BCUT2D eigenvalue weighted by molar-refractivity contribution is 6.37. The number of ether oxygens (including phenoxy) is 1. The highest BCUT2D eigenvalue weighted by Crippen LogP contribution is 2.34. The van der Waals surface area contributed by atoms with Gasteiger partial charge in [-0.1, -0.05) is 47.5 Å². The van der Waals surface area contributed by atoms with Crippen LogP contribution >= 0.6 is 23.2 Å². The van der Waals surface area contributed by atoms with Gasteiger partial charge >= 0.3 is 0 Å². The molecule has 0 saturated carbocycles. The first-order valence-corrected chi connectivity index (χ1v) is 7.38. The molecule has 0 unspecified atom stereocenters. The molecule has 3 aromatic rings. The summed E-state index contributed by atoms with van der Waals surface area (Å²) in [5, 5.41) is 2.11. The number of aryl methyl sites for hydroxylation is 2. The number of furan rings is 1. The summed E-state index contributed by atoms with van der Waals surface area (Å²) >= 11 is 12.2. The van der Waals surface area contributed by atoms with E-state index in [0.717, 1.165) is 27.9 Å². The topological polar surface area (TPSA) is 22.4 Å². The smallest absolute Gasteiger partial charge is 0.156 e. The summed E-state index contributed by atoms with van der Waals surface area (Å²) in [6.45, 7) is 4.37. The molecule has 3 rings (SSSR count). The zero-order valence-electron chi connectivity index (χ0n) is 11.7. The van der Waals surface area contributed by atoms with E-state index in [1.807, 2.05) is 25.1 Å². The zero-order chi connectivity index (χ0) is 15.0. The third-order valence-corrected chi connectivity index (χ3v) is 4.17. The van der Waals surface area contributed by atoms with Gasteiger partial charge < -0.3 is 9.15 Å². The van der Waals surface area contributed by atoms with Crippen LogP contribution in [0.15, 0.2) is 40.8 Å². The molecule has 0 N–H and O–H groups in total. The molecule has 108 valence electrons. The summed E-state index contributed by atoms with van der Waals surface area (Å²) in [5.74, 6) is 1.42. The van der Waals surface area contributed by atoms with Crippen molar-refractivity contribution in [3.8, 4) is 5.75 Å². The van der Waals surface area contributed by atoms with Crippen LogP contribution in [0.3, 0.4) is 0 Å². The van der Waals surface area contributed by atoms with E-state index in [-0.39, 0.29) is 0 Å². The molecule has 2 nitrogen and oxygen atoms in total. The van der Waals surface area contributed by atoms with Crippen molar-refractivity contribution in [1.29, 1.82) is 0 Å². The van der Waals surface area contributed by atoms with E-state index in [1.54, 1.807) is 18.2 Å². The van der Waals surface area contributed by atoms with Crippen molar-refractivity contribution >= 4 is 34.2 Å². The Morgan fingerprint density at radius 2 is 1.67 bits per heavy atom. The summed E-state index contributed by atoms with van der Waals surface area (Å²) in [6, 6.07) is 11.3. The van der Waals surface area contributed by atoms with Crippen LogP contribution in [0.2, 0.25) is 10.0 Å². The Labute approximate surface area is 133 Å². The van der Waals surface area contributed by atoms with Crippen molar-refractivity contribution in [2.24, 2.45) is 0 Å². The molecular weight excluding hydrogens is 307 g/mol. The fourth-order valence-corrected chi connectivity index (χ4v) is 2.81. The molecule has 0 aliphatic rings. The molecule has 0 spiro atoms. The van der Waals surface area contributed by atoms with E-state index in [2.05, 4.69) is 6.92 Å². The highest BCUT2D eigenvalue weighted by atomic mass is 35.5. The summed E-state index contributed by atoms with van der Waals surface area (Å²) in [7, 11) is 0. The molecule has 0 amide bonds. The average Bonchev–Trinajstić information content (AvgIpc) is 2.75. The molecule has 0 saturated heterocycles. The number of hydrogen-bond donors (Lipinski definition) is 0. The van der Waals surface area contributed by atoms with Gasteiger partial charge in [0, 0.05) is 10.9 Å². The number of rotatable bonds is 3. The Morgan fingerprint density at radius 3 is 2.38 bits per heavy atom. The molecule has 0 bridgehead atoms. The van der Waals surface area contributed by atoms with Crippen LogP contribution in [0, 0.1) is 13.8 Å². The van der Waals surface area contributed by atoms with Crippen LogP contribution in [-0.2, 0) is 6.61 Å². The van der Waals surface area contributed by atoms with Crippen molar-refractivity contribution in [3.63, 3.8) is 0 Å². The van der Waals surface area contributed by atoms with Gasteiger partial charge in [0.1, 0.15) is 18.0 Å². The van der Waals surface area contributed by atoms with Gasteiger partial charge in [-0.05, 0) is 31.5 Å². The van der Waals surface area contributed by atoms with E-state index < -0.39 is 0 Å². The molecule has 0 aliphatic heterocycles. The van der Waals surface area contributed by atoms with Crippen molar-refractivity contribution in [2.45, 2.75) is 20.5 Å². The summed E-state index contributed by atoms with van der Waals surface area (Å²) in [4.78, 5) is 0.